The average Bonchev–Trinajstić information content (AvgIpc) is 2.86. The Morgan fingerprint density at radius 3 is 2.36 bits per heavy atom. The van der Waals surface area contributed by atoms with Gasteiger partial charge in [0.05, 0.1) is 17.9 Å². The van der Waals surface area contributed by atoms with Gasteiger partial charge in [-0.2, -0.15) is 13.2 Å². The summed E-state index contributed by atoms with van der Waals surface area (Å²) in [5, 5.41) is 20.6. The molecule has 36 heavy (non-hydrogen) atoms. The van der Waals surface area contributed by atoms with E-state index in [1.807, 2.05) is 18.2 Å². The van der Waals surface area contributed by atoms with Gasteiger partial charge in [-0.05, 0) is 50.8 Å². The number of hydrogen-bond acceptors (Lipinski definition) is 6. The van der Waals surface area contributed by atoms with E-state index >= 15 is 0 Å². The van der Waals surface area contributed by atoms with Crippen LogP contribution in [-0.4, -0.2) is 83.1 Å². The van der Waals surface area contributed by atoms with E-state index in [-0.39, 0.29) is 32.1 Å². The van der Waals surface area contributed by atoms with Crippen molar-refractivity contribution in [2.75, 3.05) is 32.8 Å². The highest BCUT2D eigenvalue weighted by Gasteiger charge is 2.42. The molecule has 10 heteroatoms. The minimum atomic E-state index is -4.42. The fourth-order valence-corrected chi connectivity index (χ4v) is 4.98. The highest BCUT2D eigenvalue weighted by atomic mass is 19.4. The zero-order valence-electron chi connectivity index (χ0n) is 20.6. The van der Waals surface area contributed by atoms with Gasteiger partial charge in [-0.25, -0.2) is 0 Å². The molecule has 2 heterocycles. The largest absolute Gasteiger partial charge is 0.462 e. The summed E-state index contributed by atoms with van der Waals surface area (Å²) in [4.78, 5) is 29.2. The van der Waals surface area contributed by atoms with Crippen LogP contribution in [0.25, 0.3) is 0 Å². The van der Waals surface area contributed by atoms with Crippen LogP contribution in [0.15, 0.2) is 30.3 Å². The third-order valence-electron chi connectivity index (χ3n) is 7.33. The zero-order chi connectivity index (χ0) is 26.2. The van der Waals surface area contributed by atoms with Crippen molar-refractivity contribution in [2.45, 2.75) is 76.3 Å². The number of cyclic esters (lactones) is 1. The fraction of sp³-hybridized carbons (Fsp3) is 0.692. The topological polar surface area (TPSA) is 90.3 Å². The number of rotatable bonds is 4. The lowest BCUT2D eigenvalue weighted by Gasteiger charge is -2.40. The number of aliphatic hydroxyl groups is 2. The number of carbonyl (C=O) groups is 2. The van der Waals surface area contributed by atoms with E-state index in [2.05, 4.69) is 17.0 Å². The van der Waals surface area contributed by atoms with Crippen molar-refractivity contribution in [3.05, 3.63) is 35.9 Å². The second-order valence-electron chi connectivity index (χ2n) is 10.0. The SMILES string of the molecule is O=C(CCC(F)(F)F)N1CCCCC2(CCN(Cc3ccccc3)CC2)C(=O)OC[C@@H](O)[C@@H](O)CC1. The van der Waals surface area contributed by atoms with E-state index in [1.54, 1.807) is 0 Å². The summed E-state index contributed by atoms with van der Waals surface area (Å²) >= 11 is 0. The van der Waals surface area contributed by atoms with Gasteiger partial charge in [0.1, 0.15) is 12.7 Å². The number of alkyl halides is 3. The molecule has 3 rings (SSSR count). The maximum absolute atomic E-state index is 13.2. The number of ether oxygens (including phenoxy) is 1. The molecule has 202 valence electrons. The molecule has 0 aromatic heterocycles. The Balaban J connectivity index is 1.64. The normalized spacial score (nSPS) is 24.9. The van der Waals surface area contributed by atoms with E-state index in [4.69, 9.17) is 4.74 Å². The molecule has 1 aromatic rings. The van der Waals surface area contributed by atoms with Crippen LogP contribution in [0, 0.1) is 5.41 Å². The first-order chi connectivity index (χ1) is 17.1. The first-order valence-corrected chi connectivity index (χ1v) is 12.7. The van der Waals surface area contributed by atoms with Crippen molar-refractivity contribution in [1.29, 1.82) is 0 Å². The van der Waals surface area contributed by atoms with Crippen LogP contribution in [0.4, 0.5) is 13.2 Å². The van der Waals surface area contributed by atoms with E-state index in [0.29, 0.717) is 45.2 Å². The molecule has 2 aliphatic heterocycles. The lowest BCUT2D eigenvalue weighted by atomic mass is 9.74. The van der Waals surface area contributed by atoms with Gasteiger partial charge in [-0.15, -0.1) is 0 Å². The highest BCUT2D eigenvalue weighted by molar-refractivity contribution is 5.77. The summed E-state index contributed by atoms with van der Waals surface area (Å²) in [7, 11) is 0. The number of hydrogen-bond donors (Lipinski definition) is 2. The lowest BCUT2D eigenvalue weighted by Crippen LogP contribution is -2.45. The number of halogens is 3. The van der Waals surface area contributed by atoms with Crippen molar-refractivity contribution in [2.24, 2.45) is 5.41 Å². The molecule has 2 aliphatic rings. The second kappa shape index (κ2) is 12.9. The van der Waals surface area contributed by atoms with E-state index in [1.165, 1.54) is 10.5 Å². The van der Waals surface area contributed by atoms with Crippen molar-refractivity contribution in [3.8, 4) is 0 Å². The fourth-order valence-electron chi connectivity index (χ4n) is 4.98. The average molecular weight is 515 g/mol. The van der Waals surface area contributed by atoms with Crippen LogP contribution < -0.4 is 0 Å². The van der Waals surface area contributed by atoms with Gasteiger partial charge in [-0.1, -0.05) is 36.8 Å². The molecular weight excluding hydrogens is 477 g/mol. The van der Waals surface area contributed by atoms with Gasteiger partial charge < -0.3 is 19.8 Å². The van der Waals surface area contributed by atoms with E-state index in [0.717, 1.165) is 6.54 Å². The van der Waals surface area contributed by atoms with Crippen LogP contribution in [0.3, 0.4) is 0 Å². The summed E-state index contributed by atoms with van der Waals surface area (Å²) in [6, 6.07) is 10.1. The Morgan fingerprint density at radius 1 is 1.00 bits per heavy atom. The summed E-state index contributed by atoms with van der Waals surface area (Å²) in [6.45, 7) is 2.10. The van der Waals surface area contributed by atoms with E-state index < -0.39 is 42.5 Å². The van der Waals surface area contributed by atoms with Crippen LogP contribution in [0.1, 0.15) is 56.9 Å². The van der Waals surface area contributed by atoms with Crippen molar-refractivity contribution in [1.82, 2.24) is 9.80 Å². The number of piperidine rings is 1. The molecule has 2 saturated heterocycles. The first-order valence-electron chi connectivity index (χ1n) is 12.7. The van der Waals surface area contributed by atoms with Gasteiger partial charge >= 0.3 is 12.1 Å². The third kappa shape index (κ3) is 8.45. The van der Waals surface area contributed by atoms with Crippen LogP contribution in [-0.2, 0) is 20.9 Å². The Hall–Kier alpha value is -2.17. The molecule has 7 nitrogen and oxygen atoms in total. The summed E-state index contributed by atoms with van der Waals surface area (Å²) in [5.41, 5.74) is 0.468. The van der Waals surface area contributed by atoms with Crippen molar-refractivity contribution >= 4 is 11.9 Å². The molecule has 0 bridgehead atoms. The lowest BCUT2D eigenvalue weighted by molar-refractivity contribution is -0.165. The molecule has 0 unspecified atom stereocenters. The molecule has 1 spiro atoms. The predicted octanol–water partition coefficient (Wildman–Crippen LogP) is 3.28. The van der Waals surface area contributed by atoms with Gasteiger partial charge in [0.25, 0.3) is 0 Å². The Kier molecular flexibility index (Phi) is 10.2. The first kappa shape index (κ1) is 28.4. The number of carbonyl (C=O) groups excluding carboxylic acids is 2. The zero-order valence-corrected chi connectivity index (χ0v) is 20.6. The summed E-state index contributed by atoms with van der Waals surface area (Å²) in [6.07, 6.45) is -6.03. The molecule has 2 N–H and O–H groups in total. The van der Waals surface area contributed by atoms with Crippen molar-refractivity contribution < 1.29 is 37.7 Å². The highest BCUT2D eigenvalue weighted by Crippen LogP contribution is 2.38. The van der Waals surface area contributed by atoms with Crippen LogP contribution in [0.2, 0.25) is 0 Å². The molecule has 0 aliphatic carbocycles. The van der Waals surface area contributed by atoms with Crippen molar-refractivity contribution in [3.63, 3.8) is 0 Å². The van der Waals surface area contributed by atoms with Gasteiger partial charge in [0, 0.05) is 26.1 Å². The van der Waals surface area contributed by atoms with Gasteiger partial charge in [0.15, 0.2) is 0 Å². The minimum absolute atomic E-state index is 0.0178. The molecule has 2 atom stereocenters. The number of esters is 1. The Labute approximate surface area is 210 Å². The standard InChI is InChI=1S/C26H37F3N2O5/c27-26(28,29)11-8-23(34)31-14-5-4-10-25(24(35)36-19-22(33)21(32)9-15-31)12-16-30(17-13-25)18-20-6-2-1-3-7-20/h1-3,6-7,21-22,32-33H,4-5,8-19H2/t21-,22+/m0/s1. The predicted molar refractivity (Wildman–Crippen MR) is 127 cm³/mol. The molecule has 2 fully saturated rings. The third-order valence-corrected chi connectivity index (χ3v) is 7.33. The number of likely N-dealkylation sites (tertiary alicyclic amines) is 1. The monoisotopic (exact) mass is 514 g/mol. The number of benzene rings is 1. The minimum Gasteiger partial charge on any atom is -0.462 e. The maximum Gasteiger partial charge on any atom is 0.389 e. The molecule has 0 saturated carbocycles. The summed E-state index contributed by atoms with van der Waals surface area (Å²) < 4.78 is 43.3. The van der Waals surface area contributed by atoms with E-state index in [9.17, 15) is 33.0 Å². The number of nitrogens with zero attached hydrogens (tertiary/aromatic N) is 2. The van der Waals surface area contributed by atoms with Crippen LogP contribution >= 0.6 is 0 Å². The smallest absolute Gasteiger partial charge is 0.389 e. The van der Waals surface area contributed by atoms with Gasteiger partial charge in [-0.3, -0.25) is 14.5 Å². The molecular formula is C26H37F3N2O5. The molecule has 1 aromatic carbocycles. The Morgan fingerprint density at radius 2 is 1.69 bits per heavy atom. The quantitative estimate of drug-likeness (QED) is 0.600. The number of aliphatic hydroxyl groups excluding tert-OH is 2. The molecule has 0 radical (unpaired) electrons. The maximum atomic E-state index is 13.2. The second-order valence-corrected chi connectivity index (χ2v) is 10.0. The molecule has 1 amide bonds. The summed E-state index contributed by atoms with van der Waals surface area (Å²) in [5.74, 6) is -1.01. The Bertz CT molecular complexity index is 844. The van der Waals surface area contributed by atoms with Gasteiger partial charge in [0.2, 0.25) is 5.91 Å². The number of amides is 1. The van der Waals surface area contributed by atoms with Crippen LogP contribution in [0.5, 0.6) is 0 Å².